The van der Waals surface area contributed by atoms with Gasteiger partial charge in [-0.3, -0.25) is 0 Å². The Balaban J connectivity index is 1.15. The average molecular weight is 736 g/mol. The Labute approximate surface area is 333 Å². The van der Waals surface area contributed by atoms with Crippen molar-refractivity contribution < 1.29 is 0 Å². The van der Waals surface area contributed by atoms with Gasteiger partial charge in [0.15, 0.2) is 0 Å². The molecule has 1 nitrogen and oxygen atoms in total. The van der Waals surface area contributed by atoms with Crippen LogP contribution in [-0.4, -0.2) is 0 Å². The van der Waals surface area contributed by atoms with Crippen LogP contribution >= 0.6 is 11.3 Å². The predicted octanol–water partition coefficient (Wildman–Crippen LogP) is 15.5. The smallest absolute Gasteiger partial charge is 0.0543 e. The standard InChI is InChI=1S/C54H41NS/c1-53(2)45-25-10-6-21-43(45)51-46(53)26-15-28-49(51)55(48-27-11-7-19-39(48)41-22-14-23-42-40-20-8-12-29-50(40)56-52(41)42)36-17-13-16-34(32-36)35-30-31-38-37-18-5-9-24-44(37)54(3,4)47(38)33-35/h5-33H,1-4H3. The third-order valence-electron chi connectivity index (χ3n) is 12.7. The maximum atomic E-state index is 2.54. The lowest BCUT2D eigenvalue weighted by atomic mass is 9.81. The minimum atomic E-state index is -0.119. The maximum Gasteiger partial charge on any atom is 0.0543 e. The zero-order valence-electron chi connectivity index (χ0n) is 32.1. The summed E-state index contributed by atoms with van der Waals surface area (Å²) in [6, 6.07) is 65.8. The average Bonchev–Trinajstić information content (AvgIpc) is 3.81. The van der Waals surface area contributed by atoms with E-state index < -0.39 is 0 Å². The Bertz CT molecular complexity index is 3050. The molecule has 0 aliphatic heterocycles. The van der Waals surface area contributed by atoms with Gasteiger partial charge in [-0.25, -0.2) is 0 Å². The van der Waals surface area contributed by atoms with Gasteiger partial charge in [-0.05, 0) is 86.5 Å². The largest absolute Gasteiger partial charge is 0.309 e. The molecule has 2 aliphatic carbocycles. The Morgan fingerprint density at radius 2 is 0.964 bits per heavy atom. The topological polar surface area (TPSA) is 3.24 Å². The molecular formula is C54H41NS. The van der Waals surface area contributed by atoms with Gasteiger partial charge in [-0.2, -0.15) is 0 Å². The molecule has 0 radical (unpaired) electrons. The molecule has 56 heavy (non-hydrogen) atoms. The Kier molecular flexibility index (Phi) is 7.18. The second-order valence-electron chi connectivity index (χ2n) is 16.5. The number of para-hydroxylation sites is 1. The van der Waals surface area contributed by atoms with Crippen LogP contribution in [0, 0.1) is 0 Å². The van der Waals surface area contributed by atoms with Gasteiger partial charge in [0.25, 0.3) is 0 Å². The van der Waals surface area contributed by atoms with Crippen molar-refractivity contribution in [3.05, 3.63) is 198 Å². The molecule has 0 saturated carbocycles. The van der Waals surface area contributed by atoms with Crippen LogP contribution in [0.25, 0.3) is 64.7 Å². The third kappa shape index (κ3) is 4.72. The quantitative estimate of drug-likeness (QED) is 0.170. The molecule has 1 heterocycles. The van der Waals surface area contributed by atoms with Crippen molar-refractivity contribution in [3.63, 3.8) is 0 Å². The molecule has 11 rings (SSSR count). The first-order valence-corrected chi connectivity index (χ1v) is 20.5. The van der Waals surface area contributed by atoms with Crippen LogP contribution in [0.3, 0.4) is 0 Å². The number of fused-ring (bicyclic) bond motifs is 9. The Morgan fingerprint density at radius 3 is 1.82 bits per heavy atom. The highest BCUT2D eigenvalue weighted by Crippen LogP contribution is 2.56. The molecule has 8 aromatic carbocycles. The van der Waals surface area contributed by atoms with Gasteiger partial charge in [-0.15, -0.1) is 11.3 Å². The summed E-state index contributed by atoms with van der Waals surface area (Å²) < 4.78 is 2.64. The summed E-state index contributed by atoms with van der Waals surface area (Å²) in [6.45, 7) is 9.47. The van der Waals surface area contributed by atoms with Crippen LogP contribution in [0.4, 0.5) is 17.1 Å². The Hall–Kier alpha value is -6.22. The fraction of sp³-hybridized carbons (Fsp3) is 0.111. The summed E-state index contributed by atoms with van der Waals surface area (Å²) in [5.74, 6) is 0. The second kappa shape index (κ2) is 12.1. The molecule has 0 saturated heterocycles. The van der Waals surface area contributed by atoms with Gasteiger partial charge in [-0.1, -0.05) is 167 Å². The number of hydrogen-bond acceptors (Lipinski definition) is 2. The fourth-order valence-corrected chi connectivity index (χ4v) is 11.1. The SMILES string of the molecule is CC1(C)c2ccccc2-c2ccc(-c3cccc(N(c4ccccc4-c4cccc5c4sc4ccccc45)c4cccc5c4-c4ccccc4C5(C)C)c3)cc21. The zero-order valence-corrected chi connectivity index (χ0v) is 32.9. The second-order valence-corrected chi connectivity index (χ2v) is 17.5. The molecule has 0 atom stereocenters. The predicted molar refractivity (Wildman–Crippen MR) is 240 cm³/mol. The van der Waals surface area contributed by atoms with E-state index in [2.05, 4.69) is 209 Å². The first kappa shape index (κ1) is 33.1. The van der Waals surface area contributed by atoms with Gasteiger partial charge < -0.3 is 4.90 Å². The van der Waals surface area contributed by atoms with E-state index in [1.165, 1.54) is 92.6 Å². The molecule has 0 bridgehead atoms. The van der Waals surface area contributed by atoms with E-state index in [0.29, 0.717) is 0 Å². The number of anilines is 3. The Morgan fingerprint density at radius 1 is 0.393 bits per heavy atom. The van der Waals surface area contributed by atoms with Crippen LogP contribution < -0.4 is 4.90 Å². The summed E-state index contributed by atoms with van der Waals surface area (Å²) in [5, 5.41) is 2.63. The van der Waals surface area contributed by atoms with Crippen molar-refractivity contribution in [3.8, 4) is 44.5 Å². The van der Waals surface area contributed by atoms with Crippen molar-refractivity contribution in [2.45, 2.75) is 38.5 Å². The minimum Gasteiger partial charge on any atom is -0.309 e. The molecule has 1 aromatic heterocycles. The lowest BCUT2D eigenvalue weighted by molar-refractivity contribution is 0.660. The van der Waals surface area contributed by atoms with Gasteiger partial charge in [0.2, 0.25) is 0 Å². The number of rotatable bonds is 5. The van der Waals surface area contributed by atoms with E-state index in [4.69, 9.17) is 0 Å². The third-order valence-corrected chi connectivity index (χ3v) is 13.9. The van der Waals surface area contributed by atoms with Crippen molar-refractivity contribution in [2.75, 3.05) is 4.90 Å². The lowest BCUT2D eigenvalue weighted by Crippen LogP contribution is -2.16. The van der Waals surface area contributed by atoms with E-state index >= 15 is 0 Å². The first-order valence-electron chi connectivity index (χ1n) is 19.7. The van der Waals surface area contributed by atoms with Crippen LogP contribution in [0.1, 0.15) is 49.9 Å². The highest BCUT2D eigenvalue weighted by molar-refractivity contribution is 7.26. The van der Waals surface area contributed by atoms with Crippen LogP contribution in [0.15, 0.2) is 176 Å². The molecule has 2 heteroatoms. The van der Waals surface area contributed by atoms with Crippen molar-refractivity contribution in [1.29, 1.82) is 0 Å². The molecule has 9 aromatic rings. The molecule has 2 aliphatic rings. The number of hydrogen-bond donors (Lipinski definition) is 0. The zero-order chi connectivity index (χ0) is 37.8. The molecular weight excluding hydrogens is 695 g/mol. The van der Waals surface area contributed by atoms with Crippen molar-refractivity contribution >= 4 is 48.6 Å². The van der Waals surface area contributed by atoms with Gasteiger partial charge in [0, 0.05) is 53.4 Å². The molecule has 0 unspecified atom stereocenters. The van der Waals surface area contributed by atoms with E-state index in [1.807, 2.05) is 11.3 Å². The van der Waals surface area contributed by atoms with Crippen molar-refractivity contribution in [1.82, 2.24) is 0 Å². The lowest BCUT2D eigenvalue weighted by Gasteiger charge is -2.31. The summed E-state index contributed by atoms with van der Waals surface area (Å²) >= 11 is 1.89. The van der Waals surface area contributed by atoms with Crippen LogP contribution in [0.5, 0.6) is 0 Å². The first-order chi connectivity index (χ1) is 27.3. The molecule has 0 amide bonds. The maximum absolute atomic E-state index is 2.54. The van der Waals surface area contributed by atoms with E-state index in [0.717, 1.165) is 11.4 Å². The monoisotopic (exact) mass is 735 g/mol. The molecule has 268 valence electrons. The van der Waals surface area contributed by atoms with Crippen LogP contribution in [-0.2, 0) is 10.8 Å². The highest BCUT2D eigenvalue weighted by atomic mass is 32.1. The van der Waals surface area contributed by atoms with Crippen LogP contribution in [0.2, 0.25) is 0 Å². The number of nitrogens with zero attached hydrogens (tertiary/aromatic N) is 1. The summed E-state index contributed by atoms with van der Waals surface area (Å²) in [6.07, 6.45) is 0. The highest BCUT2D eigenvalue weighted by Gasteiger charge is 2.38. The van der Waals surface area contributed by atoms with E-state index in [1.54, 1.807) is 0 Å². The van der Waals surface area contributed by atoms with Gasteiger partial charge in [0.05, 0.1) is 11.4 Å². The molecule has 0 spiro atoms. The van der Waals surface area contributed by atoms with Gasteiger partial charge >= 0.3 is 0 Å². The molecule has 0 fully saturated rings. The van der Waals surface area contributed by atoms with E-state index in [9.17, 15) is 0 Å². The van der Waals surface area contributed by atoms with Gasteiger partial charge in [0.1, 0.15) is 0 Å². The van der Waals surface area contributed by atoms with Crippen molar-refractivity contribution in [2.24, 2.45) is 0 Å². The minimum absolute atomic E-state index is 0.0665. The number of benzene rings is 8. The molecule has 0 N–H and O–H groups in total. The fourth-order valence-electron chi connectivity index (χ4n) is 9.89. The summed E-state index contributed by atoms with van der Waals surface area (Å²) in [4.78, 5) is 2.54. The van der Waals surface area contributed by atoms with E-state index in [-0.39, 0.29) is 10.8 Å². The summed E-state index contributed by atoms with van der Waals surface area (Å²) in [5.41, 5.74) is 19.1. The summed E-state index contributed by atoms with van der Waals surface area (Å²) in [7, 11) is 0. The normalized spacial score (nSPS) is 14.4. The number of thiophene rings is 1.